The summed E-state index contributed by atoms with van der Waals surface area (Å²) in [6.07, 6.45) is -0.475. The van der Waals surface area contributed by atoms with Crippen LogP contribution in [0, 0.1) is 0 Å². The summed E-state index contributed by atoms with van der Waals surface area (Å²) in [5, 5.41) is 9.03. The fourth-order valence-electron chi connectivity index (χ4n) is 1.53. The van der Waals surface area contributed by atoms with Gasteiger partial charge in [-0.3, -0.25) is 10.3 Å². The van der Waals surface area contributed by atoms with Crippen LogP contribution in [0.3, 0.4) is 0 Å². The van der Waals surface area contributed by atoms with E-state index in [0.29, 0.717) is 18.3 Å². The van der Waals surface area contributed by atoms with E-state index in [2.05, 4.69) is 39.5 Å². The Bertz CT molecular complexity index is 461. The van der Waals surface area contributed by atoms with E-state index < -0.39 is 6.09 Å². The number of ether oxygens (including phenoxy) is 1. The molecule has 0 unspecified atom stereocenters. The van der Waals surface area contributed by atoms with Crippen molar-refractivity contribution in [3.8, 4) is 0 Å². The van der Waals surface area contributed by atoms with E-state index in [9.17, 15) is 4.79 Å². The molecule has 0 bridgehead atoms. The lowest BCUT2D eigenvalue weighted by atomic mass is 10.2. The number of nitrogens with zero attached hydrogens (tertiary/aromatic N) is 1. The van der Waals surface area contributed by atoms with Crippen LogP contribution in [0.25, 0.3) is 0 Å². The van der Waals surface area contributed by atoms with Crippen LogP contribution in [0.1, 0.15) is 19.4 Å². The van der Waals surface area contributed by atoms with Crippen molar-refractivity contribution < 1.29 is 9.53 Å². The molecule has 0 aliphatic carbocycles. The third-order valence-corrected chi connectivity index (χ3v) is 2.49. The van der Waals surface area contributed by atoms with Crippen molar-refractivity contribution >= 4 is 41.7 Å². The number of guanidine groups is 1. The maximum Gasteiger partial charge on any atom is 0.411 e. The van der Waals surface area contributed by atoms with Crippen molar-refractivity contribution in [3.05, 3.63) is 29.8 Å². The van der Waals surface area contributed by atoms with Crippen LogP contribution in [0.15, 0.2) is 29.3 Å². The maximum atomic E-state index is 11.1. The Kier molecular flexibility index (Phi) is 9.51. The number of methoxy groups -OCH3 is 1. The van der Waals surface area contributed by atoms with Crippen LogP contribution in [0.4, 0.5) is 10.5 Å². The summed E-state index contributed by atoms with van der Waals surface area (Å²) in [6, 6.07) is 7.84. The SMILES string of the molecule is CN=C(NCc1ccc(NC(=O)OC)cc1)NC(C)C.I. The second-order valence-corrected chi connectivity index (χ2v) is 4.54. The highest BCUT2D eigenvalue weighted by Crippen LogP contribution is 2.09. The zero-order valence-electron chi connectivity index (χ0n) is 12.8. The van der Waals surface area contributed by atoms with E-state index in [-0.39, 0.29) is 24.0 Å². The molecule has 0 fully saturated rings. The van der Waals surface area contributed by atoms with Crippen molar-refractivity contribution in [2.75, 3.05) is 19.5 Å². The van der Waals surface area contributed by atoms with Gasteiger partial charge in [0, 0.05) is 25.3 Å². The Morgan fingerprint density at radius 2 is 1.90 bits per heavy atom. The van der Waals surface area contributed by atoms with Gasteiger partial charge in [-0.2, -0.15) is 0 Å². The summed E-state index contributed by atoms with van der Waals surface area (Å²) >= 11 is 0. The Labute approximate surface area is 142 Å². The van der Waals surface area contributed by atoms with Gasteiger partial charge in [-0.15, -0.1) is 24.0 Å². The first-order valence-electron chi connectivity index (χ1n) is 6.46. The summed E-state index contributed by atoms with van der Waals surface area (Å²) in [6.45, 7) is 4.77. The number of halogens is 1. The van der Waals surface area contributed by atoms with Gasteiger partial charge < -0.3 is 15.4 Å². The molecule has 0 saturated heterocycles. The average Bonchev–Trinajstić information content (AvgIpc) is 2.44. The second kappa shape index (κ2) is 10.3. The normalized spacial score (nSPS) is 10.6. The van der Waals surface area contributed by atoms with Gasteiger partial charge in [0.1, 0.15) is 0 Å². The minimum absolute atomic E-state index is 0. The van der Waals surface area contributed by atoms with Gasteiger partial charge in [0.15, 0.2) is 5.96 Å². The molecule has 3 N–H and O–H groups in total. The molecular weight excluding hydrogens is 383 g/mol. The number of amides is 1. The lowest BCUT2D eigenvalue weighted by Gasteiger charge is -2.14. The van der Waals surface area contributed by atoms with Gasteiger partial charge in [0.05, 0.1) is 7.11 Å². The molecule has 0 heterocycles. The molecule has 1 aromatic rings. The standard InChI is InChI=1S/C14H22N4O2.HI/c1-10(2)17-13(15-3)16-9-11-5-7-12(8-6-11)18-14(19)20-4;/h5-8,10H,9H2,1-4H3,(H,18,19)(H2,15,16,17);1H. The summed E-state index contributed by atoms with van der Waals surface area (Å²) in [5.41, 5.74) is 1.79. The Hall–Kier alpha value is -1.51. The molecule has 0 saturated carbocycles. The van der Waals surface area contributed by atoms with Crippen LogP contribution in [-0.2, 0) is 11.3 Å². The number of anilines is 1. The molecule has 1 aromatic carbocycles. The summed E-state index contributed by atoms with van der Waals surface area (Å²) in [7, 11) is 3.07. The van der Waals surface area contributed by atoms with Crippen LogP contribution in [-0.4, -0.2) is 32.3 Å². The van der Waals surface area contributed by atoms with Crippen LogP contribution in [0.5, 0.6) is 0 Å². The number of nitrogens with one attached hydrogen (secondary N) is 3. The van der Waals surface area contributed by atoms with Gasteiger partial charge in [-0.1, -0.05) is 12.1 Å². The van der Waals surface area contributed by atoms with Crippen molar-refractivity contribution in [2.24, 2.45) is 4.99 Å². The second-order valence-electron chi connectivity index (χ2n) is 4.54. The molecule has 6 nitrogen and oxygen atoms in total. The Balaban J connectivity index is 0.00000400. The predicted octanol–water partition coefficient (Wildman–Crippen LogP) is 2.56. The highest BCUT2D eigenvalue weighted by Gasteiger charge is 2.02. The van der Waals surface area contributed by atoms with Gasteiger partial charge in [0.25, 0.3) is 0 Å². The highest BCUT2D eigenvalue weighted by atomic mass is 127. The number of hydrogen-bond donors (Lipinski definition) is 3. The minimum atomic E-state index is -0.475. The fourth-order valence-corrected chi connectivity index (χ4v) is 1.53. The lowest BCUT2D eigenvalue weighted by Crippen LogP contribution is -2.40. The first-order chi connectivity index (χ1) is 9.55. The van der Waals surface area contributed by atoms with E-state index in [1.807, 2.05) is 24.3 Å². The number of benzene rings is 1. The Morgan fingerprint density at radius 3 is 2.38 bits per heavy atom. The predicted molar refractivity (Wildman–Crippen MR) is 96.4 cm³/mol. The molecule has 1 rings (SSSR count). The van der Waals surface area contributed by atoms with Crippen molar-refractivity contribution in [2.45, 2.75) is 26.4 Å². The molecule has 118 valence electrons. The largest absolute Gasteiger partial charge is 0.453 e. The van der Waals surface area contributed by atoms with Crippen molar-refractivity contribution in [3.63, 3.8) is 0 Å². The minimum Gasteiger partial charge on any atom is -0.453 e. The summed E-state index contributed by atoms with van der Waals surface area (Å²) in [5.74, 6) is 0.761. The zero-order valence-corrected chi connectivity index (χ0v) is 15.1. The van der Waals surface area contributed by atoms with Crippen molar-refractivity contribution in [1.29, 1.82) is 0 Å². The number of aliphatic imine (C=N–C) groups is 1. The van der Waals surface area contributed by atoms with Gasteiger partial charge in [0.2, 0.25) is 0 Å². The van der Waals surface area contributed by atoms with E-state index in [1.54, 1.807) is 7.05 Å². The summed E-state index contributed by atoms with van der Waals surface area (Å²) in [4.78, 5) is 15.2. The molecule has 21 heavy (non-hydrogen) atoms. The molecule has 0 radical (unpaired) electrons. The van der Waals surface area contributed by atoms with Crippen LogP contribution in [0.2, 0.25) is 0 Å². The molecule has 7 heteroatoms. The highest BCUT2D eigenvalue weighted by molar-refractivity contribution is 14.0. The number of hydrogen-bond acceptors (Lipinski definition) is 3. The maximum absolute atomic E-state index is 11.1. The van der Waals surface area contributed by atoms with Crippen LogP contribution >= 0.6 is 24.0 Å². The lowest BCUT2D eigenvalue weighted by molar-refractivity contribution is 0.187. The summed E-state index contributed by atoms with van der Waals surface area (Å²) < 4.78 is 4.53. The third-order valence-electron chi connectivity index (χ3n) is 2.49. The zero-order chi connectivity index (χ0) is 15.0. The number of carbonyl (C=O) groups is 1. The van der Waals surface area contributed by atoms with Crippen molar-refractivity contribution in [1.82, 2.24) is 10.6 Å². The van der Waals surface area contributed by atoms with E-state index in [4.69, 9.17) is 0 Å². The fraction of sp³-hybridized carbons (Fsp3) is 0.429. The van der Waals surface area contributed by atoms with E-state index in [1.165, 1.54) is 7.11 Å². The average molecular weight is 406 g/mol. The first kappa shape index (κ1) is 19.5. The molecule has 0 atom stereocenters. The monoisotopic (exact) mass is 406 g/mol. The molecule has 0 aromatic heterocycles. The smallest absolute Gasteiger partial charge is 0.411 e. The molecular formula is C14H23IN4O2. The first-order valence-corrected chi connectivity index (χ1v) is 6.46. The Morgan fingerprint density at radius 1 is 1.29 bits per heavy atom. The topological polar surface area (TPSA) is 74.8 Å². The molecule has 0 spiro atoms. The third kappa shape index (κ3) is 7.74. The molecule has 1 amide bonds. The number of carbonyl (C=O) groups excluding carboxylic acids is 1. The number of rotatable bonds is 4. The van der Waals surface area contributed by atoms with Gasteiger partial charge >= 0.3 is 6.09 Å². The molecule has 0 aliphatic heterocycles. The van der Waals surface area contributed by atoms with E-state index >= 15 is 0 Å². The molecule has 0 aliphatic rings. The van der Waals surface area contributed by atoms with Crippen LogP contribution < -0.4 is 16.0 Å². The quantitative estimate of drug-likeness (QED) is 0.408. The van der Waals surface area contributed by atoms with E-state index in [0.717, 1.165) is 11.5 Å². The van der Waals surface area contributed by atoms with Gasteiger partial charge in [-0.25, -0.2) is 4.79 Å². The van der Waals surface area contributed by atoms with Gasteiger partial charge in [-0.05, 0) is 31.5 Å².